The van der Waals surface area contributed by atoms with E-state index < -0.39 is 0 Å². The summed E-state index contributed by atoms with van der Waals surface area (Å²) in [6.07, 6.45) is 5.97. The van der Waals surface area contributed by atoms with Crippen LogP contribution in [0.3, 0.4) is 0 Å². The summed E-state index contributed by atoms with van der Waals surface area (Å²) in [6.45, 7) is 13.0. The van der Waals surface area contributed by atoms with E-state index in [9.17, 15) is 0 Å². The minimum absolute atomic E-state index is 0. The van der Waals surface area contributed by atoms with Crippen LogP contribution in [0.4, 0.5) is 11.8 Å². The van der Waals surface area contributed by atoms with E-state index in [1.54, 1.807) is 12.4 Å². The van der Waals surface area contributed by atoms with Crippen molar-refractivity contribution in [3.63, 3.8) is 0 Å². The first kappa shape index (κ1) is 25.4. The van der Waals surface area contributed by atoms with E-state index in [2.05, 4.69) is 62.9 Å². The molecular weight excluding hydrogens is 531 g/mol. The van der Waals surface area contributed by atoms with Gasteiger partial charge in [-0.1, -0.05) is 6.07 Å². The number of nitrogens with zero attached hydrogens (tertiary/aromatic N) is 7. The molecule has 2 aromatic heterocycles. The summed E-state index contributed by atoms with van der Waals surface area (Å²) in [6, 6.07) is 6.07. The van der Waals surface area contributed by atoms with Crippen LogP contribution in [0, 0.1) is 0 Å². The molecule has 2 aliphatic rings. The summed E-state index contributed by atoms with van der Waals surface area (Å²) < 4.78 is 5.83. The lowest BCUT2D eigenvalue weighted by molar-refractivity contribution is -0.00545. The smallest absolute Gasteiger partial charge is 0.225 e. The van der Waals surface area contributed by atoms with E-state index in [1.807, 2.05) is 12.3 Å². The Morgan fingerprint density at radius 1 is 1.03 bits per heavy atom. The number of nitrogens with one attached hydrogen (secondary N) is 1. The van der Waals surface area contributed by atoms with Crippen LogP contribution in [0.1, 0.15) is 26.3 Å². The molecule has 0 aromatic carbocycles. The molecule has 180 valence electrons. The molecule has 33 heavy (non-hydrogen) atoms. The van der Waals surface area contributed by atoms with Gasteiger partial charge in [-0.05, 0) is 38.5 Å². The lowest BCUT2D eigenvalue weighted by Crippen LogP contribution is -2.52. The molecule has 2 saturated heterocycles. The normalized spacial score (nSPS) is 21.5. The van der Waals surface area contributed by atoms with Gasteiger partial charge in [0, 0.05) is 64.4 Å². The number of aliphatic imine (C=N–C) groups is 1. The molecule has 0 bridgehead atoms. The molecule has 2 atom stereocenters. The van der Waals surface area contributed by atoms with E-state index in [-0.39, 0.29) is 36.2 Å². The summed E-state index contributed by atoms with van der Waals surface area (Å²) in [5.41, 5.74) is 1.11. The first-order chi connectivity index (χ1) is 15.6. The van der Waals surface area contributed by atoms with Crippen molar-refractivity contribution in [2.45, 2.75) is 39.5 Å². The number of pyridine rings is 1. The van der Waals surface area contributed by atoms with Crippen molar-refractivity contribution in [2.24, 2.45) is 4.99 Å². The van der Waals surface area contributed by atoms with Gasteiger partial charge in [0.25, 0.3) is 0 Å². The second-order valence-electron chi connectivity index (χ2n) is 8.38. The summed E-state index contributed by atoms with van der Waals surface area (Å²) in [5.74, 6) is 2.75. The molecule has 0 aliphatic carbocycles. The second kappa shape index (κ2) is 12.3. The Hall–Kier alpha value is -2.21. The number of rotatable bonds is 5. The van der Waals surface area contributed by atoms with Gasteiger partial charge in [0.15, 0.2) is 5.96 Å². The molecule has 2 fully saturated rings. The molecule has 2 aromatic rings. The molecule has 1 N–H and O–H groups in total. The molecule has 4 heterocycles. The third kappa shape index (κ3) is 6.89. The largest absolute Gasteiger partial charge is 0.372 e. The van der Waals surface area contributed by atoms with Gasteiger partial charge in [0.2, 0.25) is 5.95 Å². The number of hydrogen-bond acceptors (Lipinski definition) is 7. The highest BCUT2D eigenvalue weighted by atomic mass is 127. The molecule has 2 aliphatic heterocycles. The van der Waals surface area contributed by atoms with Crippen molar-refractivity contribution >= 4 is 41.7 Å². The predicted molar refractivity (Wildman–Crippen MR) is 143 cm³/mol. The summed E-state index contributed by atoms with van der Waals surface area (Å²) in [7, 11) is 0. The van der Waals surface area contributed by atoms with Crippen molar-refractivity contribution in [1.82, 2.24) is 25.2 Å². The van der Waals surface area contributed by atoms with Crippen LogP contribution >= 0.6 is 24.0 Å². The Labute approximate surface area is 213 Å². The minimum Gasteiger partial charge on any atom is -0.372 e. The van der Waals surface area contributed by atoms with E-state index in [4.69, 9.17) is 14.7 Å². The van der Waals surface area contributed by atoms with Gasteiger partial charge in [-0.15, -0.1) is 24.0 Å². The Morgan fingerprint density at radius 3 is 2.33 bits per heavy atom. The van der Waals surface area contributed by atoms with Crippen molar-refractivity contribution < 1.29 is 4.74 Å². The van der Waals surface area contributed by atoms with E-state index in [1.165, 1.54) is 0 Å². The fourth-order valence-corrected chi connectivity index (χ4v) is 4.23. The Morgan fingerprint density at radius 2 is 1.73 bits per heavy atom. The number of halogens is 1. The minimum atomic E-state index is 0. The number of ether oxygens (including phenoxy) is 1. The van der Waals surface area contributed by atoms with Crippen molar-refractivity contribution in [2.75, 3.05) is 55.6 Å². The van der Waals surface area contributed by atoms with Gasteiger partial charge in [0.05, 0.1) is 18.8 Å². The first-order valence-corrected chi connectivity index (χ1v) is 11.5. The summed E-state index contributed by atoms with van der Waals surface area (Å²) in [4.78, 5) is 25.1. The maximum Gasteiger partial charge on any atom is 0.225 e. The zero-order chi connectivity index (χ0) is 22.3. The van der Waals surface area contributed by atoms with Crippen LogP contribution < -0.4 is 15.1 Å². The van der Waals surface area contributed by atoms with Gasteiger partial charge in [-0.3, -0.25) is 0 Å². The van der Waals surface area contributed by atoms with E-state index in [0.29, 0.717) is 6.54 Å². The fourth-order valence-electron chi connectivity index (χ4n) is 4.23. The van der Waals surface area contributed by atoms with Gasteiger partial charge in [0.1, 0.15) is 5.82 Å². The average Bonchev–Trinajstić information content (AvgIpc) is 2.82. The molecule has 0 saturated carbocycles. The van der Waals surface area contributed by atoms with Gasteiger partial charge >= 0.3 is 0 Å². The number of piperazine rings is 1. The third-order valence-corrected chi connectivity index (χ3v) is 5.71. The number of hydrogen-bond donors (Lipinski definition) is 1. The van der Waals surface area contributed by atoms with Crippen LogP contribution in [0.5, 0.6) is 0 Å². The Balaban J connectivity index is 0.00000306. The maximum atomic E-state index is 5.83. The average molecular weight is 566 g/mol. The van der Waals surface area contributed by atoms with Gasteiger partial charge < -0.3 is 24.8 Å². The number of aromatic nitrogens is 3. The summed E-state index contributed by atoms with van der Waals surface area (Å²) >= 11 is 0. The third-order valence-electron chi connectivity index (χ3n) is 5.71. The maximum absolute atomic E-state index is 5.83. The van der Waals surface area contributed by atoms with Crippen molar-refractivity contribution in [1.29, 1.82) is 0 Å². The molecular formula is C23H35IN8O. The van der Waals surface area contributed by atoms with Crippen LogP contribution in [0.25, 0.3) is 0 Å². The number of guanidine groups is 1. The SMILES string of the molecule is CCNC(=NCc1ccc(N2CC(C)OC(C)C2)nc1)N1CCN(c2ncccn2)CC1.I. The molecule has 4 rings (SSSR count). The molecule has 10 heteroatoms. The highest BCUT2D eigenvalue weighted by Gasteiger charge is 2.23. The van der Waals surface area contributed by atoms with Crippen LogP contribution in [-0.4, -0.2) is 83.8 Å². The zero-order valence-electron chi connectivity index (χ0n) is 19.7. The van der Waals surface area contributed by atoms with Crippen molar-refractivity contribution in [3.8, 4) is 0 Å². The first-order valence-electron chi connectivity index (χ1n) is 11.5. The molecule has 0 radical (unpaired) electrons. The lowest BCUT2D eigenvalue weighted by atomic mass is 10.2. The quantitative estimate of drug-likeness (QED) is 0.336. The van der Waals surface area contributed by atoms with Crippen LogP contribution in [-0.2, 0) is 11.3 Å². The highest BCUT2D eigenvalue weighted by molar-refractivity contribution is 14.0. The zero-order valence-corrected chi connectivity index (χ0v) is 22.1. The second-order valence-corrected chi connectivity index (χ2v) is 8.38. The predicted octanol–water partition coefficient (Wildman–Crippen LogP) is 2.39. The van der Waals surface area contributed by atoms with E-state index >= 15 is 0 Å². The topological polar surface area (TPSA) is 82.0 Å². The molecule has 2 unspecified atom stereocenters. The monoisotopic (exact) mass is 566 g/mol. The number of anilines is 2. The van der Waals surface area contributed by atoms with Gasteiger partial charge in [-0.2, -0.15) is 0 Å². The molecule has 0 amide bonds. The van der Waals surface area contributed by atoms with Crippen LogP contribution in [0.2, 0.25) is 0 Å². The van der Waals surface area contributed by atoms with Crippen LogP contribution in [0.15, 0.2) is 41.8 Å². The summed E-state index contributed by atoms with van der Waals surface area (Å²) in [5, 5.41) is 3.43. The number of morpholine rings is 1. The fraction of sp³-hybridized carbons (Fsp3) is 0.565. The Kier molecular flexibility index (Phi) is 9.48. The molecule has 9 nitrogen and oxygen atoms in total. The van der Waals surface area contributed by atoms with Gasteiger partial charge in [-0.25, -0.2) is 19.9 Å². The highest BCUT2D eigenvalue weighted by Crippen LogP contribution is 2.19. The standard InChI is InChI=1S/C23H34N8O.HI/c1-4-24-22(29-10-12-30(13-11-29)23-25-8-5-9-26-23)28-15-20-6-7-21(27-14-20)31-16-18(2)32-19(3)17-31;/h5-9,14,18-19H,4,10-13,15-17H2,1-3H3,(H,24,28);1H. The Bertz CT molecular complexity index is 864. The van der Waals surface area contributed by atoms with E-state index in [0.717, 1.165) is 69.1 Å². The molecule has 0 spiro atoms. The lowest BCUT2D eigenvalue weighted by Gasteiger charge is -2.36. The van der Waals surface area contributed by atoms with Crippen molar-refractivity contribution in [3.05, 3.63) is 42.4 Å².